The van der Waals surface area contributed by atoms with E-state index in [1.807, 2.05) is 25.1 Å². The number of rotatable bonds is 2. The Labute approximate surface area is 117 Å². The molecule has 2 nitrogen and oxygen atoms in total. The molecule has 1 aromatic heterocycles. The van der Waals surface area contributed by atoms with Gasteiger partial charge in [0.15, 0.2) is 0 Å². The van der Waals surface area contributed by atoms with Crippen molar-refractivity contribution in [2.45, 2.75) is 44.0 Å². The first-order valence-corrected chi connectivity index (χ1v) is 7.30. The van der Waals surface area contributed by atoms with Crippen molar-refractivity contribution in [2.75, 3.05) is 0 Å². The van der Waals surface area contributed by atoms with E-state index in [4.69, 9.17) is 23.2 Å². The number of para-hydroxylation sites is 1. The lowest BCUT2D eigenvalue weighted by atomic mass is 10.2. The predicted molar refractivity (Wildman–Crippen MR) is 76.5 cm³/mol. The van der Waals surface area contributed by atoms with E-state index < -0.39 is 0 Å². The summed E-state index contributed by atoms with van der Waals surface area (Å²) in [4.78, 5) is 4.66. The van der Waals surface area contributed by atoms with Crippen molar-refractivity contribution in [3.05, 3.63) is 29.0 Å². The molecule has 1 unspecified atom stereocenters. The molecule has 0 amide bonds. The van der Waals surface area contributed by atoms with E-state index >= 15 is 0 Å². The Bertz CT molecular complexity index is 568. The average Bonchev–Trinajstić information content (AvgIpc) is 2.95. The third-order valence-corrected chi connectivity index (χ3v) is 4.23. The summed E-state index contributed by atoms with van der Waals surface area (Å²) in [5.41, 5.74) is 2.01. The highest BCUT2D eigenvalue weighted by atomic mass is 35.5. The van der Waals surface area contributed by atoms with Gasteiger partial charge in [-0.1, -0.05) is 30.5 Å². The van der Waals surface area contributed by atoms with Crippen LogP contribution < -0.4 is 0 Å². The third-order valence-electron chi connectivity index (χ3n) is 3.73. The SMILES string of the molecule is CC(Cl)c1nc2cccc(Cl)c2n1C1CCCC1. The van der Waals surface area contributed by atoms with E-state index in [1.165, 1.54) is 25.7 Å². The lowest BCUT2D eigenvalue weighted by molar-refractivity contribution is 0.510. The summed E-state index contributed by atoms with van der Waals surface area (Å²) in [5.74, 6) is 0.951. The van der Waals surface area contributed by atoms with Crippen LogP contribution in [0.25, 0.3) is 11.0 Å². The summed E-state index contributed by atoms with van der Waals surface area (Å²) in [6, 6.07) is 6.39. The zero-order valence-electron chi connectivity index (χ0n) is 10.4. The minimum Gasteiger partial charge on any atom is -0.322 e. The van der Waals surface area contributed by atoms with Crippen LogP contribution in [-0.2, 0) is 0 Å². The Morgan fingerprint density at radius 3 is 2.72 bits per heavy atom. The Morgan fingerprint density at radius 1 is 1.33 bits per heavy atom. The van der Waals surface area contributed by atoms with E-state index in [0.717, 1.165) is 21.9 Å². The van der Waals surface area contributed by atoms with E-state index in [1.54, 1.807) is 0 Å². The average molecular weight is 283 g/mol. The summed E-state index contributed by atoms with van der Waals surface area (Å²) in [7, 11) is 0. The van der Waals surface area contributed by atoms with Gasteiger partial charge in [-0.3, -0.25) is 0 Å². The lowest BCUT2D eigenvalue weighted by Crippen LogP contribution is -2.09. The van der Waals surface area contributed by atoms with E-state index in [2.05, 4.69) is 9.55 Å². The van der Waals surface area contributed by atoms with Crippen molar-refractivity contribution in [1.82, 2.24) is 9.55 Å². The first kappa shape index (κ1) is 12.3. The number of nitrogens with zero attached hydrogens (tertiary/aromatic N) is 2. The molecule has 96 valence electrons. The molecule has 1 aliphatic carbocycles. The number of halogens is 2. The van der Waals surface area contributed by atoms with Gasteiger partial charge in [0.05, 0.1) is 21.4 Å². The van der Waals surface area contributed by atoms with Crippen LogP contribution in [-0.4, -0.2) is 9.55 Å². The fourth-order valence-corrected chi connectivity index (χ4v) is 3.35. The van der Waals surface area contributed by atoms with Gasteiger partial charge < -0.3 is 4.57 Å². The maximum atomic E-state index is 6.35. The number of benzene rings is 1. The van der Waals surface area contributed by atoms with Crippen molar-refractivity contribution < 1.29 is 0 Å². The number of fused-ring (bicyclic) bond motifs is 1. The van der Waals surface area contributed by atoms with E-state index in [-0.39, 0.29) is 5.38 Å². The molecular weight excluding hydrogens is 267 g/mol. The quantitative estimate of drug-likeness (QED) is 0.701. The molecule has 1 aromatic carbocycles. The summed E-state index contributed by atoms with van der Waals surface area (Å²) < 4.78 is 2.28. The zero-order valence-corrected chi connectivity index (χ0v) is 11.9. The first-order valence-electron chi connectivity index (χ1n) is 6.49. The maximum Gasteiger partial charge on any atom is 0.128 e. The molecular formula is C14H16Cl2N2. The Morgan fingerprint density at radius 2 is 2.06 bits per heavy atom. The van der Waals surface area contributed by atoms with E-state index in [0.29, 0.717) is 6.04 Å². The molecule has 2 aromatic rings. The minimum absolute atomic E-state index is 0.0888. The fraction of sp³-hybridized carbons (Fsp3) is 0.500. The normalized spacial score (nSPS) is 18.6. The fourth-order valence-electron chi connectivity index (χ4n) is 2.94. The lowest BCUT2D eigenvalue weighted by Gasteiger charge is -2.17. The largest absolute Gasteiger partial charge is 0.322 e. The summed E-state index contributed by atoms with van der Waals surface area (Å²) in [5, 5.41) is 0.685. The van der Waals surface area contributed by atoms with Crippen LogP contribution in [0.15, 0.2) is 18.2 Å². The van der Waals surface area contributed by atoms with Crippen molar-refractivity contribution in [1.29, 1.82) is 0 Å². The molecule has 1 atom stereocenters. The molecule has 0 spiro atoms. The van der Waals surface area contributed by atoms with Crippen LogP contribution in [0.5, 0.6) is 0 Å². The van der Waals surface area contributed by atoms with Gasteiger partial charge in [-0.05, 0) is 31.9 Å². The second-order valence-corrected chi connectivity index (χ2v) is 6.06. The monoisotopic (exact) mass is 282 g/mol. The number of hydrogen-bond acceptors (Lipinski definition) is 1. The number of aromatic nitrogens is 2. The van der Waals surface area contributed by atoms with Crippen molar-refractivity contribution in [3.8, 4) is 0 Å². The number of hydrogen-bond donors (Lipinski definition) is 0. The van der Waals surface area contributed by atoms with Gasteiger partial charge in [0.1, 0.15) is 5.82 Å². The van der Waals surface area contributed by atoms with Gasteiger partial charge in [0, 0.05) is 6.04 Å². The second-order valence-electron chi connectivity index (χ2n) is 5.00. The van der Waals surface area contributed by atoms with Crippen LogP contribution in [0.4, 0.5) is 0 Å². The van der Waals surface area contributed by atoms with Crippen LogP contribution in [0.3, 0.4) is 0 Å². The van der Waals surface area contributed by atoms with Crippen LogP contribution in [0.1, 0.15) is 49.9 Å². The van der Waals surface area contributed by atoms with Gasteiger partial charge in [-0.15, -0.1) is 11.6 Å². The highest BCUT2D eigenvalue weighted by molar-refractivity contribution is 6.35. The smallest absolute Gasteiger partial charge is 0.128 e. The molecule has 1 aliphatic rings. The third kappa shape index (κ3) is 1.92. The molecule has 1 fully saturated rings. The topological polar surface area (TPSA) is 17.8 Å². The minimum atomic E-state index is -0.0888. The molecule has 4 heteroatoms. The zero-order chi connectivity index (χ0) is 12.7. The summed E-state index contributed by atoms with van der Waals surface area (Å²) in [6.45, 7) is 1.97. The van der Waals surface area contributed by atoms with Gasteiger partial charge in [0.25, 0.3) is 0 Å². The van der Waals surface area contributed by atoms with Gasteiger partial charge in [-0.25, -0.2) is 4.98 Å². The predicted octanol–water partition coefficient (Wildman–Crippen LogP) is 5.10. The highest BCUT2D eigenvalue weighted by Gasteiger charge is 2.25. The molecule has 1 saturated carbocycles. The number of alkyl halides is 1. The van der Waals surface area contributed by atoms with Crippen LogP contribution in [0.2, 0.25) is 5.02 Å². The van der Waals surface area contributed by atoms with Crippen LogP contribution >= 0.6 is 23.2 Å². The Balaban J connectivity index is 2.26. The molecule has 3 rings (SSSR count). The van der Waals surface area contributed by atoms with Gasteiger partial charge in [0.2, 0.25) is 0 Å². The molecule has 18 heavy (non-hydrogen) atoms. The Hall–Kier alpha value is -0.730. The second kappa shape index (κ2) is 4.75. The molecule has 0 saturated heterocycles. The van der Waals surface area contributed by atoms with Crippen molar-refractivity contribution in [2.24, 2.45) is 0 Å². The Kier molecular flexibility index (Phi) is 3.25. The molecule has 0 N–H and O–H groups in total. The number of imidazole rings is 1. The van der Waals surface area contributed by atoms with Gasteiger partial charge >= 0.3 is 0 Å². The van der Waals surface area contributed by atoms with Gasteiger partial charge in [-0.2, -0.15) is 0 Å². The summed E-state index contributed by atoms with van der Waals surface area (Å²) >= 11 is 12.6. The molecule has 0 radical (unpaired) electrons. The van der Waals surface area contributed by atoms with Crippen LogP contribution in [0, 0.1) is 0 Å². The molecule has 0 bridgehead atoms. The highest BCUT2D eigenvalue weighted by Crippen LogP contribution is 2.38. The maximum absolute atomic E-state index is 6.35. The van der Waals surface area contributed by atoms with Crippen molar-refractivity contribution >= 4 is 34.2 Å². The standard InChI is InChI=1S/C14H16Cl2N2/c1-9(15)14-17-12-8-4-7-11(16)13(12)18(14)10-5-2-3-6-10/h4,7-10H,2-3,5-6H2,1H3. The molecule has 0 aliphatic heterocycles. The first-order chi connectivity index (χ1) is 8.68. The summed E-state index contributed by atoms with van der Waals surface area (Å²) in [6.07, 6.45) is 4.97. The molecule has 1 heterocycles. The van der Waals surface area contributed by atoms with Crippen molar-refractivity contribution in [3.63, 3.8) is 0 Å². The van der Waals surface area contributed by atoms with E-state index in [9.17, 15) is 0 Å².